The predicted octanol–water partition coefficient (Wildman–Crippen LogP) is 3.16. The van der Waals surface area contributed by atoms with E-state index in [-0.39, 0.29) is 24.5 Å². The smallest absolute Gasteiger partial charge is 0.138 e. The molecule has 0 spiro atoms. The average molecular weight is 338 g/mol. The van der Waals surface area contributed by atoms with Crippen LogP contribution in [0.2, 0.25) is 0 Å². The Labute approximate surface area is 146 Å². The van der Waals surface area contributed by atoms with E-state index < -0.39 is 17.3 Å². The average Bonchev–Trinajstić information content (AvgIpc) is 2.41. The van der Waals surface area contributed by atoms with Gasteiger partial charge >= 0.3 is 0 Å². The van der Waals surface area contributed by atoms with Crippen LogP contribution in [0, 0.1) is 11.8 Å². The second-order valence-corrected chi connectivity index (χ2v) is 8.26. The van der Waals surface area contributed by atoms with Gasteiger partial charge in [0, 0.05) is 12.8 Å². The minimum atomic E-state index is -1.21. The van der Waals surface area contributed by atoms with E-state index in [1.165, 1.54) is 0 Å². The molecule has 4 nitrogen and oxygen atoms in total. The number of hydrogen-bond donors (Lipinski definition) is 3. The highest BCUT2D eigenvalue weighted by Crippen LogP contribution is 2.28. The maximum absolute atomic E-state index is 12.2. The third-order valence-electron chi connectivity index (χ3n) is 4.92. The van der Waals surface area contributed by atoms with Crippen molar-refractivity contribution in [2.75, 3.05) is 0 Å². The van der Waals surface area contributed by atoms with E-state index in [9.17, 15) is 20.1 Å². The van der Waals surface area contributed by atoms with E-state index in [4.69, 9.17) is 0 Å². The molecule has 0 fully saturated rings. The molecule has 0 saturated heterocycles. The molecule has 4 heteroatoms. The zero-order chi connectivity index (χ0) is 18.5. The molecule has 3 N–H and O–H groups in total. The van der Waals surface area contributed by atoms with Crippen molar-refractivity contribution in [1.82, 2.24) is 0 Å². The van der Waals surface area contributed by atoms with Gasteiger partial charge in [-0.05, 0) is 56.9 Å². The number of ketones is 1. The molecule has 0 radical (unpaired) electrons. The molecule has 0 amide bonds. The van der Waals surface area contributed by atoms with Gasteiger partial charge in [0.05, 0.1) is 17.3 Å². The highest BCUT2D eigenvalue weighted by Gasteiger charge is 2.30. The van der Waals surface area contributed by atoms with Crippen LogP contribution in [-0.2, 0) is 4.79 Å². The molecule has 0 aromatic heterocycles. The van der Waals surface area contributed by atoms with Crippen LogP contribution in [-0.4, -0.2) is 38.4 Å². The molecule has 138 valence electrons. The Hall–Kier alpha value is -0.970. The fourth-order valence-corrected chi connectivity index (χ4v) is 3.19. The molecule has 1 aliphatic rings. The Morgan fingerprint density at radius 2 is 1.83 bits per heavy atom. The van der Waals surface area contributed by atoms with Gasteiger partial charge in [0.25, 0.3) is 0 Å². The van der Waals surface area contributed by atoms with E-state index in [2.05, 4.69) is 20.4 Å². The van der Waals surface area contributed by atoms with E-state index in [0.717, 1.165) is 12.0 Å². The largest absolute Gasteiger partial charge is 0.390 e. The number of carbonyl (C=O) groups is 1. The second kappa shape index (κ2) is 8.41. The van der Waals surface area contributed by atoms with Crippen molar-refractivity contribution >= 4 is 5.78 Å². The molecule has 0 aliphatic heterocycles. The number of carbonyl (C=O) groups excluding carboxylic acids is 1. The lowest BCUT2D eigenvalue weighted by molar-refractivity contribution is -0.126. The lowest BCUT2D eigenvalue weighted by atomic mass is 9.83. The summed E-state index contributed by atoms with van der Waals surface area (Å²) in [4.78, 5) is 12.2. The summed E-state index contributed by atoms with van der Waals surface area (Å²) in [5.74, 6) is 0.467. The van der Waals surface area contributed by atoms with Crippen molar-refractivity contribution < 1.29 is 20.1 Å². The van der Waals surface area contributed by atoms with E-state index in [1.807, 2.05) is 6.08 Å². The summed E-state index contributed by atoms with van der Waals surface area (Å²) >= 11 is 0. The predicted molar refractivity (Wildman–Crippen MR) is 96.6 cm³/mol. The van der Waals surface area contributed by atoms with Crippen LogP contribution in [0.1, 0.15) is 66.2 Å². The van der Waals surface area contributed by atoms with Gasteiger partial charge in [-0.15, -0.1) is 0 Å². The fourth-order valence-electron chi connectivity index (χ4n) is 3.19. The number of aliphatic hydroxyl groups is 3. The molecule has 0 aromatic carbocycles. The molecular weight excluding hydrogens is 304 g/mol. The maximum Gasteiger partial charge on any atom is 0.138 e. The van der Waals surface area contributed by atoms with Crippen LogP contribution < -0.4 is 0 Å². The summed E-state index contributed by atoms with van der Waals surface area (Å²) in [5.41, 5.74) is -1.62. The third-order valence-corrected chi connectivity index (χ3v) is 4.92. The minimum absolute atomic E-state index is 0.0142. The molecule has 0 bridgehead atoms. The van der Waals surface area contributed by atoms with E-state index >= 15 is 0 Å². The van der Waals surface area contributed by atoms with Gasteiger partial charge in [-0.3, -0.25) is 4.79 Å². The zero-order valence-electron chi connectivity index (χ0n) is 15.6. The molecule has 4 atom stereocenters. The van der Waals surface area contributed by atoms with Crippen LogP contribution in [0.15, 0.2) is 24.3 Å². The fraction of sp³-hybridized carbons (Fsp3) is 0.750. The van der Waals surface area contributed by atoms with Gasteiger partial charge in [-0.1, -0.05) is 32.6 Å². The van der Waals surface area contributed by atoms with Crippen molar-refractivity contribution in [1.29, 1.82) is 0 Å². The minimum Gasteiger partial charge on any atom is -0.390 e. The molecule has 1 aliphatic carbocycles. The van der Waals surface area contributed by atoms with Crippen LogP contribution in [0.25, 0.3) is 0 Å². The molecule has 0 saturated carbocycles. The Balaban J connectivity index is 3.01. The van der Waals surface area contributed by atoms with E-state index in [0.29, 0.717) is 25.2 Å². The summed E-state index contributed by atoms with van der Waals surface area (Å²) in [6.45, 7) is 11.4. The SMILES string of the molecule is C=C1CC[C@@H](C(C)C)/C=C/[C@@](C)(O)CC(=O)C[C@@](C)(O)CC[C@@H]1O. The standard InChI is InChI=1S/C20H34O4/c1-14(2)16-7-6-15(3)18(22)9-11-20(5,24)13-17(21)12-19(4,23)10-8-16/h8,10,14,16,18,22-24H,3,6-7,9,11-13H2,1-2,4-5H3/b10-8+/t16-,18+,19-,20+/m1/s1. The second-order valence-electron chi connectivity index (χ2n) is 8.26. The van der Waals surface area contributed by atoms with Crippen LogP contribution in [0.4, 0.5) is 0 Å². The van der Waals surface area contributed by atoms with Gasteiger partial charge in [0.1, 0.15) is 5.78 Å². The van der Waals surface area contributed by atoms with Gasteiger partial charge in [0.15, 0.2) is 0 Å². The summed E-state index contributed by atoms with van der Waals surface area (Å²) in [5, 5.41) is 31.1. The molecule has 0 unspecified atom stereocenters. The number of Topliss-reactive ketones (excluding diaryl/α,β-unsaturated/α-hetero) is 1. The molecular formula is C20H34O4. The Bertz CT molecular complexity index is 474. The van der Waals surface area contributed by atoms with Crippen LogP contribution in [0.5, 0.6) is 0 Å². The number of aliphatic hydroxyl groups excluding tert-OH is 1. The highest BCUT2D eigenvalue weighted by molar-refractivity contribution is 5.80. The first-order chi connectivity index (χ1) is 10.9. The third kappa shape index (κ3) is 7.29. The van der Waals surface area contributed by atoms with Crippen molar-refractivity contribution in [2.45, 2.75) is 83.5 Å². The van der Waals surface area contributed by atoms with Gasteiger partial charge in [-0.25, -0.2) is 0 Å². The zero-order valence-corrected chi connectivity index (χ0v) is 15.6. The molecule has 1 rings (SSSR count). The lowest BCUT2D eigenvalue weighted by Crippen LogP contribution is -2.33. The van der Waals surface area contributed by atoms with Crippen molar-refractivity contribution in [2.24, 2.45) is 11.8 Å². The highest BCUT2D eigenvalue weighted by atomic mass is 16.3. The first-order valence-electron chi connectivity index (χ1n) is 8.93. The Morgan fingerprint density at radius 1 is 1.21 bits per heavy atom. The molecule has 24 heavy (non-hydrogen) atoms. The molecule has 0 aromatic rings. The molecule has 0 heterocycles. The van der Waals surface area contributed by atoms with Gasteiger partial charge in [0.2, 0.25) is 0 Å². The van der Waals surface area contributed by atoms with Crippen molar-refractivity contribution in [3.8, 4) is 0 Å². The Morgan fingerprint density at radius 3 is 2.42 bits per heavy atom. The first-order valence-corrected chi connectivity index (χ1v) is 8.93. The van der Waals surface area contributed by atoms with Gasteiger partial charge in [-0.2, -0.15) is 0 Å². The maximum atomic E-state index is 12.2. The number of rotatable bonds is 1. The summed E-state index contributed by atoms with van der Waals surface area (Å²) in [7, 11) is 0. The normalized spacial score (nSPS) is 38.8. The number of allylic oxidation sites excluding steroid dienone is 1. The topological polar surface area (TPSA) is 77.8 Å². The summed E-state index contributed by atoms with van der Waals surface area (Å²) < 4.78 is 0. The quantitative estimate of drug-likeness (QED) is 0.642. The number of hydrogen-bond acceptors (Lipinski definition) is 4. The van der Waals surface area contributed by atoms with Gasteiger partial charge < -0.3 is 15.3 Å². The first kappa shape index (κ1) is 21.1. The summed E-state index contributed by atoms with van der Waals surface area (Å²) in [6, 6.07) is 0. The Kier molecular flexibility index (Phi) is 7.39. The van der Waals surface area contributed by atoms with Crippen molar-refractivity contribution in [3.05, 3.63) is 24.3 Å². The van der Waals surface area contributed by atoms with Crippen molar-refractivity contribution in [3.63, 3.8) is 0 Å². The summed E-state index contributed by atoms with van der Waals surface area (Å²) in [6.07, 6.45) is 5.24. The lowest BCUT2D eigenvalue weighted by Gasteiger charge is -2.28. The van der Waals surface area contributed by atoms with Crippen LogP contribution >= 0.6 is 0 Å². The monoisotopic (exact) mass is 338 g/mol. The van der Waals surface area contributed by atoms with E-state index in [1.54, 1.807) is 19.9 Å². The van der Waals surface area contributed by atoms with Crippen LogP contribution in [0.3, 0.4) is 0 Å².